The van der Waals surface area contributed by atoms with E-state index in [0.29, 0.717) is 0 Å². The Kier molecular flexibility index (Phi) is 13.2. The molecule has 1 aromatic rings. The molecule has 3 N–H and O–H groups in total. The minimum absolute atomic E-state index is 0. The van der Waals surface area contributed by atoms with Gasteiger partial charge in [0, 0.05) is 12.1 Å². The van der Waals surface area contributed by atoms with Gasteiger partial charge in [-0.15, -0.1) is 12.4 Å². The van der Waals surface area contributed by atoms with Crippen molar-refractivity contribution < 1.29 is 4.79 Å². The standard InChI is InChI=1S/C17H28N2O.ClH/c18-14-10-5-3-1-2-4-6-11-15-19-17(20)16-12-8-7-9-13-16;/h7-9,12-13H,1-6,10-11,14-15,18H2,(H,19,20);1H. The minimum atomic E-state index is 0. The van der Waals surface area contributed by atoms with Gasteiger partial charge in [0.05, 0.1) is 0 Å². The van der Waals surface area contributed by atoms with Crippen LogP contribution >= 0.6 is 12.4 Å². The van der Waals surface area contributed by atoms with Crippen molar-refractivity contribution in [2.45, 2.75) is 51.4 Å². The zero-order chi connectivity index (χ0) is 14.5. The number of unbranched alkanes of at least 4 members (excludes halogenated alkanes) is 7. The third-order valence-electron chi connectivity index (χ3n) is 3.45. The van der Waals surface area contributed by atoms with Crippen LogP contribution in [0.1, 0.15) is 61.7 Å². The number of rotatable bonds is 11. The fourth-order valence-corrected chi connectivity index (χ4v) is 2.22. The molecule has 0 saturated heterocycles. The van der Waals surface area contributed by atoms with Crippen molar-refractivity contribution in [2.75, 3.05) is 13.1 Å². The summed E-state index contributed by atoms with van der Waals surface area (Å²) in [6.45, 7) is 1.60. The van der Waals surface area contributed by atoms with Gasteiger partial charge in [0.1, 0.15) is 0 Å². The number of halogens is 1. The molecule has 0 heterocycles. The summed E-state index contributed by atoms with van der Waals surface area (Å²) in [6, 6.07) is 9.39. The van der Waals surface area contributed by atoms with E-state index in [0.717, 1.165) is 31.5 Å². The highest BCUT2D eigenvalue weighted by Gasteiger charge is 2.02. The number of amides is 1. The molecule has 3 nitrogen and oxygen atoms in total. The van der Waals surface area contributed by atoms with Gasteiger partial charge in [-0.2, -0.15) is 0 Å². The highest BCUT2D eigenvalue weighted by atomic mass is 35.5. The second-order valence-corrected chi connectivity index (χ2v) is 5.24. The van der Waals surface area contributed by atoms with Crippen LogP contribution in [0.4, 0.5) is 0 Å². The molecule has 0 saturated carbocycles. The molecule has 1 amide bonds. The smallest absolute Gasteiger partial charge is 0.251 e. The van der Waals surface area contributed by atoms with Crippen LogP contribution in [0.2, 0.25) is 0 Å². The Balaban J connectivity index is 0.00000400. The fraction of sp³-hybridized carbons (Fsp3) is 0.588. The van der Waals surface area contributed by atoms with Crippen molar-refractivity contribution >= 4 is 18.3 Å². The predicted molar refractivity (Wildman–Crippen MR) is 92.0 cm³/mol. The Morgan fingerprint density at radius 1 is 0.857 bits per heavy atom. The molecule has 0 atom stereocenters. The van der Waals surface area contributed by atoms with Gasteiger partial charge >= 0.3 is 0 Å². The van der Waals surface area contributed by atoms with E-state index in [1.807, 2.05) is 30.3 Å². The average Bonchev–Trinajstić information content (AvgIpc) is 2.50. The SMILES string of the molecule is Cl.NCCCCCCCCCCNC(=O)c1ccccc1. The van der Waals surface area contributed by atoms with Gasteiger partial charge in [-0.3, -0.25) is 4.79 Å². The Labute approximate surface area is 135 Å². The largest absolute Gasteiger partial charge is 0.352 e. The van der Waals surface area contributed by atoms with E-state index in [2.05, 4.69) is 5.32 Å². The maximum atomic E-state index is 11.8. The molecule has 0 bridgehead atoms. The summed E-state index contributed by atoms with van der Waals surface area (Å²) in [6.07, 6.45) is 9.89. The van der Waals surface area contributed by atoms with E-state index in [1.165, 1.54) is 38.5 Å². The minimum Gasteiger partial charge on any atom is -0.352 e. The van der Waals surface area contributed by atoms with Crippen LogP contribution in [0, 0.1) is 0 Å². The van der Waals surface area contributed by atoms with Crippen molar-refractivity contribution in [1.82, 2.24) is 5.32 Å². The first-order valence-electron chi connectivity index (χ1n) is 7.88. The maximum Gasteiger partial charge on any atom is 0.251 e. The zero-order valence-corrected chi connectivity index (χ0v) is 13.7. The van der Waals surface area contributed by atoms with Crippen LogP contribution in [0.3, 0.4) is 0 Å². The lowest BCUT2D eigenvalue weighted by Gasteiger charge is -2.05. The molecule has 0 fully saturated rings. The monoisotopic (exact) mass is 312 g/mol. The molecule has 0 unspecified atom stereocenters. The quantitative estimate of drug-likeness (QED) is 0.608. The molecule has 1 rings (SSSR count). The first kappa shape index (κ1) is 19.9. The molecule has 0 aliphatic carbocycles. The predicted octanol–water partition coefficient (Wildman–Crippen LogP) is 3.92. The summed E-state index contributed by atoms with van der Waals surface area (Å²) in [7, 11) is 0. The third kappa shape index (κ3) is 10.3. The molecule has 0 aliphatic heterocycles. The maximum absolute atomic E-state index is 11.8. The van der Waals surface area contributed by atoms with E-state index < -0.39 is 0 Å². The van der Waals surface area contributed by atoms with Gasteiger partial charge < -0.3 is 11.1 Å². The van der Waals surface area contributed by atoms with Gasteiger partial charge in [-0.05, 0) is 31.5 Å². The number of hydrogen-bond acceptors (Lipinski definition) is 2. The molecule has 0 aliphatic rings. The molecule has 4 heteroatoms. The second kappa shape index (κ2) is 13.9. The van der Waals surface area contributed by atoms with Crippen LogP contribution < -0.4 is 11.1 Å². The highest BCUT2D eigenvalue weighted by molar-refractivity contribution is 5.94. The summed E-state index contributed by atoms with van der Waals surface area (Å²) >= 11 is 0. The number of carbonyl (C=O) groups is 1. The van der Waals surface area contributed by atoms with Crippen LogP contribution in [-0.4, -0.2) is 19.0 Å². The number of benzene rings is 1. The Hall–Kier alpha value is -1.06. The van der Waals surface area contributed by atoms with E-state index in [-0.39, 0.29) is 18.3 Å². The fourth-order valence-electron chi connectivity index (χ4n) is 2.22. The van der Waals surface area contributed by atoms with Crippen molar-refractivity contribution in [3.05, 3.63) is 35.9 Å². The lowest BCUT2D eigenvalue weighted by molar-refractivity contribution is 0.0953. The lowest BCUT2D eigenvalue weighted by atomic mass is 10.1. The van der Waals surface area contributed by atoms with Crippen molar-refractivity contribution in [3.8, 4) is 0 Å². The summed E-state index contributed by atoms with van der Waals surface area (Å²) in [5.41, 5.74) is 6.20. The average molecular weight is 313 g/mol. The Morgan fingerprint density at radius 2 is 1.38 bits per heavy atom. The van der Waals surface area contributed by atoms with Crippen LogP contribution in [0.15, 0.2) is 30.3 Å². The van der Waals surface area contributed by atoms with E-state index >= 15 is 0 Å². The molecule has 1 aromatic carbocycles. The summed E-state index contributed by atoms with van der Waals surface area (Å²) in [5, 5.41) is 2.96. The number of hydrogen-bond donors (Lipinski definition) is 2. The van der Waals surface area contributed by atoms with E-state index in [1.54, 1.807) is 0 Å². The second-order valence-electron chi connectivity index (χ2n) is 5.24. The van der Waals surface area contributed by atoms with Gasteiger partial charge in [0.2, 0.25) is 0 Å². The highest BCUT2D eigenvalue weighted by Crippen LogP contribution is 2.08. The molecule has 0 radical (unpaired) electrons. The third-order valence-corrected chi connectivity index (χ3v) is 3.45. The van der Waals surface area contributed by atoms with Gasteiger partial charge in [0.25, 0.3) is 5.91 Å². The van der Waals surface area contributed by atoms with Crippen molar-refractivity contribution in [3.63, 3.8) is 0 Å². The van der Waals surface area contributed by atoms with Crippen LogP contribution in [0.25, 0.3) is 0 Å². The van der Waals surface area contributed by atoms with Gasteiger partial charge in [-0.25, -0.2) is 0 Å². The summed E-state index contributed by atoms with van der Waals surface area (Å²) in [5.74, 6) is 0.0346. The molecule has 0 spiro atoms. The van der Waals surface area contributed by atoms with Crippen molar-refractivity contribution in [1.29, 1.82) is 0 Å². The van der Waals surface area contributed by atoms with Crippen LogP contribution in [0.5, 0.6) is 0 Å². The van der Waals surface area contributed by atoms with Crippen molar-refractivity contribution in [2.24, 2.45) is 5.73 Å². The van der Waals surface area contributed by atoms with E-state index in [9.17, 15) is 4.79 Å². The Morgan fingerprint density at radius 3 is 1.95 bits per heavy atom. The number of nitrogens with one attached hydrogen (secondary N) is 1. The van der Waals surface area contributed by atoms with Gasteiger partial charge in [0.15, 0.2) is 0 Å². The first-order valence-corrected chi connectivity index (χ1v) is 7.88. The molecular weight excluding hydrogens is 284 g/mol. The summed E-state index contributed by atoms with van der Waals surface area (Å²) in [4.78, 5) is 11.8. The van der Waals surface area contributed by atoms with E-state index in [4.69, 9.17) is 5.73 Å². The molecular formula is C17H29ClN2O. The van der Waals surface area contributed by atoms with Crippen LogP contribution in [-0.2, 0) is 0 Å². The molecule has 0 aromatic heterocycles. The molecule has 120 valence electrons. The topological polar surface area (TPSA) is 55.1 Å². The zero-order valence-electron chi connectivity index (χ0n) is 12.9. The summed E-state index contributed by atoms with van der Waals surface area (Å²) < 4.78 is 0. The normalized spacial score (nSPS) is 9.95. The first-order chi connectivity index (χ1) is 9.84. The number of carbonyl (C=O) groups excluding carboxylic acids is 1. The number of nitrogens with two attached hydrogens (primary N) is 1. The lowest BCUT2D eigenvalue weighted by Crippen LogP contribution is -2.24. The Bertz CT molecular complexity index is 357. The molecule has 21 heavy (non-hydrogen) atoms. The van der Waals surface area contributed by atoms with Gasteiger partial charge in [-0.1, -0.05) is 56.7 Å².